The molecule has 0 radical (unpaired) electrons. The molecule has 1 aliphatic carbocycles. The quantitative estimate of drug-likeness (QED) is 0.691. The molecule has 1 fully saturated rings. The number of hydrogen-bond donors (Lipinski definition) is 0. The number of benzene rings is 1. The Hall–Kier alpha value is -0.630. The van der Waals surface area contributed by atoms with Crippen molar-refractivity contribution in [2.45, 2.75) is 31.6 Å². The lowest BCUT2D eigenvalue weighted by Crippen LogP contribution is -2.16. The highest BCUT2D eigenvalue weighted by atomic mass is 35.5. The third-order valence-corrected chi connectivity index (χ3v) is 3.75. The molecule has 1 unspecified atom stereocenters. The van der Waals surface area contributed by atoms with Gasteiger partial charge in [0, 0.05) is 5.38 Å². The van der Waals surface area contributed by atoms with E-state index in [4.69, 9.17) is 11.6 Å². The molecule has 0 bridgehead atoms. The van der Waals surface area contributed by atoms with E-state index in [9.17, 15) is 8.78 Å². The molecular weight excluding hydrogens is 218 g/mol. The first kappa shape index (κ1) is 10.9. The van der Waals surface area contributed by atoms with Crippen LogP contribution in [0, 0.1) is 17.0 Å². The second-order valence-electron chi connectivity index (χ2n) is 4.39. The van der Waals surface area contributed by atoms with Gasteiger partial charge in [0.2, 0.25) is 0 Å². The van der Waals surface area contributed by atoms with Crippen LogP contribution in [0.4, 0.5) is 8.78 Å². The monoisotopic (exact) mass is 230 g/mol. The highest BCUT2D eigenvalue weighted by Gasteiger charge is 2.46. The molecule has 3 heteroatoms. The summed E-state index contributed by atoms with van der Waals surface area (Å²) in [6.45, 7) is 1.92. The standard InChI is InChI=1S/C12H13ClF2/c1-8(13)12(4-5-12)7-9-6-10(14)2-3-11(9)15/h2-3,6,8H,4-5,7H2,1H3. The van der Waals surface area contributed by atoms with Gasteiger partial charge < -0.3 is 0 Å². The van der Waals surface area contributed by atoms with Crippen molar-refractivity contribution in [1.82, 2.24) is 0 Å². The van der Waals surface area contributed by atoms with Gasteiger partial charge in [0.05, 0.1) is 0 Å². The van der Waals surface area contributed by atoms with Crippen LogP contribution in [0.5, 0.6) is 0 Å². The lowest BCUT2D eigenvalue weighted by molar-refractivity contribution is 0.476. The fourth-order valence-corrected chi connectivity index (χ4v) is 2.23. The van der Waals surface area contributed by atoms with E-state index in [2.05, 4.69) is 0 Å². The van der Waals surface area contributed by atoms with Gasteiger partial charge in [-0.2, -0.15) is 0 Å². The van der Waals surface area contributed by atoms with Gasteiger partial charge in [-0.1, -0.05) is 0 Å². The average molecular weight is 231 g/mol. The molecule has 0 N–H and O–H groups in total. The van der Waals surface area contributed by atoms with E-state index in [-0.39, 0.29) is 22.4 Å². The number of alkyl halides is 1. The molecule has 1 aromatic carbocycles. The maximum absolute atomic E-state index is 13.4. The Morgan fingerprint density at radius 2 is 2.07 bits per heavy atom. The second-order valence-corrected chi connectivity index (χ2v) is 5.05. The Morgan fingerprint density at radius 1 is 1.40 bits per heavy atom. The van der Waals surface area contributed by atoms with Gasteiger partial charge in [-0.3, -0.25) is 0 Å². The van der Waals surface area contributed by atoms with Gasteiger partial charge in [0.1, 0.15) is 11.6 Å². The van der Waals surface area contributed by atoms with Crippen LogP contribution in [0.2, 0.25) is 0 Å². The van der Waals surface area contributed by atoms with Crippen molar-refractivity contribution in [3.8, 4) is 0 Å². The maximum atomic E-state index is 13.4. The third-order valence-electron chi connectivity index (χ3n) is 3.29. The van der Waals surface area contributed by atoms with E-state index in [0.717, 1.165) is 18.9 Å². The van der Waals surface area contributed by atoms with Gasteiger partial charge in [-0.25, -0.2) is 8.78 Å². The van der Waals surface area contributed by atoms with Crippen LogP contribution >= 0.6 is 11.6 Å². The van der Waals surface area contributed by atoms with Crippen LogP contribution in [0.25, 0.3) is 0 Å². The SMILES string of the molecule is CC(Cl)C1(Cc2cc(F)ccc2F)CC1. The molecule has 1 atom stereocenters. The van der Waals surface area contributed by atoms with Gasteiger partial charge in [0.25, 0.3) is 0 Å². The Morgan fingerprint density at radius 3 is 2.60 bits per heavy atom. The van der Waals surface area contributed by atoms with Crippen molar-refractivity contribution >= 4 is 11.6 Å². The summed E-state index contributed by atoms with van der Waals surface area (Å²) < 4.78 is 26.3. The fourth-order valence-electron chi connectivity index (χ4n) is 1.93. The Balaban J connectivity index is 2.21. The summed E-state index contributed by atoms with van der Waals surface area (Å²) in [6.07, 6.45) is 2.56. The van der Waals surface area contributed by atoms with E-state index < -0.39 is 0 Å². The highest BCUT2D eigenvalue weighted by Crippen LogP contribution is 2.53. The molecule has 0 amide bonds. The van der Waals surface area contributed by atoms with Crippen molar-refractivity contribution in [1.29, 1.82) is 0 Å². The van der Waals surface area contributed by atoms with E-state index in [0.29, 0.717) is 12.0 Å². The molecule has 0 nitrogen and oxygen atoms in total. The number of hydrogen-bond acceptors (Lipinski definition) is 0. The van der Waals surface area contributed by atoms with Gasteiger partial charge in [-0.05, 0) is 55.4 Å². The minimum Gasteiger partial charge on any atom is -0.207 e. The lowest BCUT2D eigenvalue weighted by Gasteiger charge is -2.18. The van der Waals surface area contributed by atoms with Crippen LogP contribution in [0.15, 0.2) is 18.2 Å². The Bertz CT molecular complexity index is 370. The molecule has 0 heterocycles. The van der Waals surface area contributed by atoms with Crippen LogP contribution in [-0.2, 0) is 6.42 Å². The summed E-state index contributed by atoms with van der Waals surface area (Å²) in [5, 5.41) is 0.0140. The second kappa shape index (κ2) is 3.75. The van der Waals surface area contributed by atoms with Gasteiger partial charge in [0.15, 0.2) is 0 Å². The normalized spacial score (nSPS) is 20.0. The van der Waals surface area contributed by atoms with Gasteiger partial charge >= 0.3 is 0 Å². The zero-order valence-electron chi connectivity index (χ0n) is 8.56. The molecule has 1 aliphatic rings. The van der Waals surface area contributed by atoms with Crippen LogP contribution in [-0.4, -0.2) is 5.38 Å². The van der Waals surface area contributed by atoms with Crippen molar-refractivity contribution in [2.24, 2.45) is 5.41 Å². The Kier molecular flexibility index (Phi) is 2.72. The third kappa shape index (κ3) is 2.15. The van der Waals surface area contributed by atoms with Gasteiger partial charge in [-0.15, -0.1) is 11.6 Å². The molecule has 1 saturated carbocycles. The molecular formula is C12H13ClF2. The molecule has 0 aliphatic heterocycles. The summed E-state index contributed by atoms with van der Waals surface area (Å²) in [4.78, 5) is 0. The summed E-state index contributed by atoms with van der Waals surface area (Å²) in [5.41, 5.74) is 0.441. The smallest absolute Gasteiger partial charge is 0.126 e. The number of halogens is 3. The predicted octanol–water partition coefficient (Wildman–Crippen LogP) is 3.91. The van der Waals surface area contributed by atoms with Crippen molar-refractivity contribution in [3.05, 3.63) is 35.4 Å². The summed E-state index contributed by atoms with van der Waals surface area (Å²) in [6, 6.07) is 3.59. The molecule has 0 spiro atoms. The lowest BCUT2D eigenvalue weighted by atomic mass is 9.93. The topological polar surface area (TPSA) is 0 Å². The molecule has 82 valence electrons. The summed E-state index contributed by atoms with van der Waals surface area (Å²) in [5.74, 6) is -0.718. The van der Waals surface area contributed by atoms with E-state index in [1.165, 1.54) is 12.1 Å². The zero-order chi connectivity index (χ0) is 11.1. The largest absolute Gasteiger partial charge is 0.207 e. The van der Waals surface area contributed by atoms with Crippen LogP contribution in [0.3, 0.4) is 0 Å². The first-order chi connectivity index (χ1) is 7.03. The van der Waals surface area contributed by atoms with E-state index in [1.54, 1.807) is 0 Å². The predicted molar refractivity (Wildman–Crippen MR) is 57.0 cm³/mol. The molecule has 0 aromatic heterocycles. The zero-order valence-corrected chi connectivity index (χ0v) is 9.32. The first-order valence-corrected chi connectivity index (χ1v) is 5.55. The molecule has 0 saturated heterocycles. The highest BCUT2D eigenvalue weighted by molar-refractivity contribution is 6.21. The first-order valence-electron chi connectivity index (χ1n) is 5.11. The average Bonchev–Trinajstić information content (AvgIpc) is 2.92. The number of rotatable bonds is 3. The maximum Gasteiger partial charge on any atom is 0.126 e. The van der Waals surface area contributed by atoms with Crippen molar-refractivity contribution < 1.29 is 8.78 Å². The minimum absolute atomic E-state index is 0.00378. The van der Waals surface area contributed by atoms with E-state index in [1.807, 2.05) is 6.92 Å². The summed E-state index contributed by atoms with van der Waals surface area (Å²) in [7, 11) is 0. The van der Waals surface area contributed by atoms with Crippen LogP contribution in [0.1, 0.15) is 25.3 Å². The summed E-state index contributed by atoms with van der Waals surface area (Å²) >= 11 is 6.06. The molecule has 2 rings (SSSR count). The fraction of sp³-hybridized carbons (Fsp3) is 0.500. The molecule has 1 aromatic rings. The molecule has 15 heavy (non-hydrogen) atoms. The van der Waals surface area contributed by atoms with Crippen molar-refractivity contribution in [2.75, 3.05) is 0 Å². The Labute approximate surface area is 93.2 Å². The van der Waals surface area contributed by atoms with Crippen LogP contribution < -0.4 is 0 Å². The van der Waals surface area contributed by atoms with Crippen molar-refractivity contribution in [3.63, 3.8) is 0 Å². The van der Waals surface area contributed by atoms with E-state index >= 15 is 0 Å². The minimum atomic E-state index is -0.385.